The number of hydrogen-bond acceptors (Lipinski definition) is 4. The van der Waals surface area contributed by atoms with Crippen LogP contribution in [0.1, 0.15) is 31.2 Å². The molecule has 3 rings (SSSR count). The van der Waals surface area contributed by atoms with Gasteiger partial charge in [-0.3, -0.25) is 14.6 Å². The topological polar surface area (TPSA) is 38.8 Å². The highest BCUT2D eigenvalue weighted by atomic mass is 16.2. The van der Waals surface area contributed by atoms with Crippen molar-refractivity contribution in [3.05, 3.63) is 29.8 Å². The normalized spacial score (nSPS) is 18.3. The number of unbranched alkanes of at least 4 members (excludes halogenated alkanes) is 1. The molecule has 2 aliphatic rings. The summed E-state index contributed by atoms with van der Waals surface area (Å²) in [4.78, 5) is 19.1. The fourth-order valence-corrected chi connectivity index (χ4v) is 3.67. The molecule has 1 amide bonds. The predicted octanol–water partition coefficient (Wildman–Crippen LogP) is 2.11. The van der Waals surface area contributed by atoms with Crippen molar-refractivity contribution in [2.75, 3.05) is 57.8 Å². The van der Waals surface area contributed by atoms with Gasteiger partial charge in [-0.2, -0.15) is 0 Å². The number of nitrogens with zero attached hydrogens (tertiary/aromatic N) is 3. The van der Waals surface area contributed by atoms with Gasteiger partial charge in [-0.25, -0.2) is 0 Å². The Labute approximate surface area is 158 Å². The Morgan fingerprint density at radius 1 is 1.19 bits per heavy atom. The van der Waals surface area contributed by atoms with Crippen LogP contribution in [0.2, 0.25) is 0 Å². The lowest BCUT2D eigenvalue weighted by Crippen LogP contribution is -2.46. The smallest absolute Gasteiger partial charge is 0.234 e. The van der Waals surface area contributed by atoms with Crippen molar-refractivity contribution in [1.82, 2.24) is 15.1 Å². The van der Waals surface area contributed by atoms with Crippen molar-refractivity contribution in [3.63, 3.8) is 0 Å². The van der Waals surface area contributed by atoms with E-state index in [1.165, 1.54) is 24.1 Å². The van der Waals surface area contributed by atoms with Gasteiger partial charge >= 0.3 is 0 Å². The molecule has 1 saturated carbocycles. The second kappa shape index (κ2) is 9.38. The van der Waals surface area contributed by atoms with E-state index in [2.05, 4.69) is 51.2 Å². The minimum absolute atomic E-state index is 0.172. The van der Waals surface area contributed by atoms with E-state index in [1.54, 1.807) is 0 Å². The Hall–Kier alpha value is -1.59. The summed E-state index contributed by atoms with van der Waals surface area (Å²) in [5.74, 6) is 0.172. The van der Waals surface area contributed by atoms with Gasteiger partial charge in [0.2, 0.25) is 5.91 Å². The third-order valence-corrected chi connectivity index (χ3v) is 5.53. The van der Waals surface area contributed by atoms with Gasteiger partial charge in [0.05, 0.1) is 6.54 Å². The van der Waals surface area contributed by atoms with Crippen molar-refractivity contribution in [3.8, 4) is 0 Å². The van der Waals surface area contributed by atoms with Gasteiger partial charge in [-0.15, -0.1) is 0 Å². The first-order chi connectivity index (χ1) is 12.6. The predicted molar refractivity (Wildman–Crippen MR) is 108 cm³/mol. The summed E-state index contributed by atoms with van der Waals surface area (Å²) in [6.45, 7) is 9.12. The Kier molecular flexibility index (Phi) is 6.92. The molecule has 1 aliphatic carbocycles. The molecule has 26 heavy (non-hydrogen) atoms. The molecule has 144 valence electrons. The van der Waals surface area contributed by atoms with Crippen LogP contribution in [0, 0.1) is 6.92 Å². The largest absolute Gasteiger partial charge is 0.369 e. The highest BCUT2D eigenvalue weighted by molar-refractivity contribution is 5.78. The summed E-state index contributed by atoms with van der Waals surface area (Å²) in [6, 6.07) is 9.44. The summed E-state index contributed by atoms with van der Waals surface area (Å²) in [7, 11) is 2.05. The molecule has 0 atom stereocenters. The van der Waals surface area contributed by atoms with Crippen molar-refractivity contribution in [2.45, 2.75) is 38.6 Å². The molecule has 1 aromatic rings. The molecule has 1 heterocycles. The van der Waals surface area contributed by atoms with Crippen LogP contribution in [0.15, 0.2) is 24.3 Å². The number of nitrogens with one attached hydrogen (secondary N) is 1. The standard InChI is InChI=1S/C21H34N4O/c1-18-6-5-7-20(16-18)25-14-12-24(13-15-25)11-4-3-10-22-21(26)17-23(2)19-8-9-19/h5-7,16,19H,3-4,8-15,17H2,1-2H3,(H,22,26). The van der Waals surface area contributed by atoms with E-state index < -0.39 is 0 Å². The first-order valence-corrected chi connectivity index (χ1v) is 10.1. The van der Waals surface area contributed by atoms with Crippen LogP contribution in [-0.2, 0) is 4.79 Å². The van der Waals surface area contributed by atoms with Gasteiger partial charge in [0.1, 0.15) is 0 Å². The summed E-state index contributed by atoms with van der Waals surface area (Å²) in [5, 5.41) is 3.06. The van der Waals surface area contributed by atoms with Crippen LogP contribution in [0.5, 0.6) is 0 Å². The summed E-state index contributed by atoms with van der Waals surface area (Å²) in [6.07, 6.45) is 4.72. The van der Waals surface area contributed by atoms with Crippen molar-refractivity contribution in [1.29, 1.82) is 0 Å². The highest BCUT2D eigenvalue weighted by Crippen LogP contribution is 2.24. The minimum Gasteiger partial charge on any atom is -0.369 e. The Morgan fingerprint density at radius 3 is 2.65 bits per heavy atom. The van der Waals surface area contributed by atoms with Gasteiger partial charge in [0.25, 0.3) is 0 Å². The van der Waals surface area contributed by atoms with E-state index in [9.17, 15) is 4.79 Å². The first kappa shape index (κ1) is 19.2. The van der Waals surface area contributed by atoms with Crippen LogP contribution >= 0.6 is 0 Å². The molecule has 5 nitrogen and oxygen atoms in total. The molecule has 1 saturated heterocycles. The lowest BCUT2D eigenvalue weighted by molar-refractivity contribution is -0.122. The molecule has 0 unspecified atom stereocenters. The average molecular weight is 359 g/mol. The molecule has 0 bridgehead atoms. The second-order valence-electron chi connectivity index (χ2n) is 7.87. The molecule has 0 aromatic heterocycles. The van der Waals surface area contributed by atoms with Crippen molar-refractivity contribution in [2.24, 2.45) is 0 Å². The van der Waals surface area contributed by atoms with Crippen molar-refractivity contribution >= 4 is 11.6 Å². The lowest BCUT2D eigenvalue weighted by atomic mass is 10.2. The maximum atomic E-state index is 11.9. The average Bonchev–Trinajstić information content (AvgIpc) is 3.47. The van der Waals surface area contributed by atoms with Crippen LogP contribution in [0.4, 0.5) is 5.69 Å². The molecule has 1 aromatic carbocycles. The summed E-state index contributed by atoms with van der Waals surface area (Å²) in [5.41, 5.74) is 2.68. The molecule has 0 radical (unpaired) electrons. The van der Waals surface area contributed by atoms with Gasteiger partial charge in [0.15, 0.2) is 0 Å². The monoisotopic (exact) mass is 358 g/mol. The quantitative estimate of drug-likeness (QED) is 0.686. The van der Waals surface area contributed by atoms with Crippen LogP contribution in [0.3, 0.4) is 0 Å². The number of aryl methyl sites for hydroxylation is 1. The van der Waals surface area contributed by atoms with Crippen LogP contribution in [0.25, 0.3) is 0 Å². The maximum Gasteiger partial charge on any atom is 0.234 e. The number of rotatable bonds is 9. The zero-order chi connectivity index (χ0) is 18.4. The van der Waals surface area contributed by atoms with E-state index >= 15 is 0 Å². The van der Waals surface area contributed by atoms with E-state index in [1.807, 2.05) is 7.05 Å². The number of carbonyl (C=O) groups excluding carboxylic acids is 1. The third-order valence-electron chi connectivity index (χ3n) is 5.53. The van der Waals surface area contributed by atoms with E-state index in [0.717, 1.165) is 52.1 Å². The Balaban J connectivity index is 1.24. The van der Waals surface area contributed by atoms with Crippen molar-refractivity contribution < 1.29 is 4.79 Å². The van der Waals surface area contributed by atoms with Gasteiger partial charge in [-0.1, -0.05) is 12.1 Å². The highest BCUT2D eigenvalue weighted by Gasteiger charge is 2.27. The molecule has 0 spiro atoms. The fraction of sp³-hybridized carbons (Fsp3) is 0.667. The third kappa shape index (κ3) is 5.99. The molecule has 1 aliphatic heterocycles. The summed E-state index contributed by atoms with van der Waals surface area (Å²) >= 11 is 0. The SMILES string of the molecule is Cc1cccc(N2CCN(CCCCNC(=O)CN(C)C3CC3)CC2)c1. The molecular formula is C21H34N4O. The fourth-order valence-electron chi connectivity index (χ4n) is 3.67. The first-order valence-electron chi connectivity index (χ1n) is 10.1. The van der Waals surface area contributed by atoms with Gasteiger partial charge in [-0.05, 0) is 63.9 Å². The van der Waals surface area contributed by atoms with E-state index in [0.29, 0.717) is 12.6 Å². The van der Waals surface area contributed by atoms with Gasteiger partial charge < -0.3 is 10.2 Å². The molecular weight excluding hydrogens is 324 g/mol. The Bertz CT molecular complexity index is 579. The second-order valence-corrected chi connectivity index (χ2v) is 7.87. The zero-order valence-corrected chi connectivity index (χ0v) is 16.4. The number of amides is 1. The Morgan fingerprint density at radius 2 is 1.96 bits per heavy atom. The number of piperazine rings is 1. The summed E-state index contributed by atoms with van der Waals surface area (Å²) < 4.78 is 0. The molecule has 2 fully saturated rings. The number of benzene rings is 1. The van der Waals surface area contributed by atoms with E-state index in [-0.39, 0.29) is 5.91 Å². The maximum absolute atomic E-state index is 11.9. The number of carbonyl (C=O) groups is 1. The van der Waals surface area contributed by atoms with E-state index in [4.69, 9.17) is 0 Å². The number of anilines is 1. The zero-order valence-electron chi connectivity index (χ0n) is 16.4. The molecule has 5 heteroatoms. The minimum atomic E-state index is 0.172. The van der Waals surface area contributed by atoms with Crippen LogP contribution < -0.4 is 10.2 Å². The number of likely N-dealkylation sites (N-methyl/N-ethyl adjacent to an activating group) is 1. The van der Waals surface area contributed by atoms with Gasteiger partial charge in [0, 0.05) is 44.5 Å². The van der Waals surface area contributed by atoms with Crippen LogP contribution in [-0.4, -0.2) is 74.6 Å². The molecule has 1 N–H and O–H groups in total. The number of hydrogen-bond donors (Lipinski definition) is 1. The lowest BCUT2D eigenvalue weighted by Gasteiger charge is -2.36.